The van der Waals surface area contributed by atoms with E-state index in [1.165, 1.54) is 36.8 Å². The summed E-state index contributed by atoms with van der Waals surface area (Å²) in [5, 5.41) is 0. The van der Waals surface area contributed by atoms with Crippen LogP contribution in [-0.4, -0.2) is 7.02 Å². The first-order chi connectivity index (χ1) is 9.38. The SMILES string of the molecule is I[Si]C(CCc1ccccc1)CCc1ccccc1. The third kappa shape index (κ3) is 5.49. The van der Waals surface area contributed by atoms with Gasteiger partial charge in [-0.25, -0.2) is 0 Å². The Morgan fingerprint density at radius 3 is 1.53 bits per heavy atom. The number of hydrogen-bond donors (Lipinski definition) is 0. The first-order valence-corrected chi connectivity index (χ1v) is 11.0. The molecular weight excluding hydrogens is 359 g/mol. The van der Waals surface area contributed by atoms with Gasteiger partial charge in [0, 0.05) is 0 Å². The molecule has 98 valence electrons. The molecule has 0 aliphatic heterocycles. The third-order valence-electron chi connectivity index (χ3n) is 3.40. The van der Waals surface area contributed by atoms with E-state index in [4.69, 9.17) is 0 Å². The van der Waals surface area contributed by atoms with Gasteiger partial charge in [-0.15, -0.1) is 21.8 Å². The van der Waals surface area contributed by atoms with Crippen LogP contribution >= 0.6 is 21.8 Å². The fourth-order valence-electron chi connectivity index (χ4n) is 2.22. The summed E-state index contributed by atoms with van der Waals surface area (Å²) in [5.41, 5.74) is 3.81. The molecule has 0 amide bonds. The van der Waals surface area contributed by atoms with E-state index in [9.17, 15) is 0 Å². The van der Waals surface area contributed by atoms with Gasteiger partial charge in [-0.3, -0.25) is 0 Å². The minimum atomic E-state index is 0.862. The fourth-order valence-corrected chi connectivity index (χ4v) is 4.60. The summed E-state index contributed by atoms with van der Waals surface area (Å²) in [7, 11) is 1.02. The number of hydrogen-bond acceptors (Lipinski definition) is 0. The van der Waals surface area contributed by atoms with Crippen LogP contribution in [0.1, 0.15) is 24.0 Å². The zero-order chi connectivity index (χ0) is 13.3. The molecule has 2 heteroatoms. The zero-order valence-electron chi connectivity index (χ0n) is 11.1. The Bertz CT molecular complexity index is 412. The number of aryl methyl sites for hydroxylation is 2. The summed E-state index contributed by atoms with van der Waals surface area (Å²) in [5.74, 6) is 0. The summed E-state index contributed by atoms with van der Waals surface area (Å²) >= 11 is 2.56. The van der Waals surface area contributed by atoms with Crippen LogP contribution in [0.4, 0.5) is 0 Å². The lowest BCUT2D eigenvalue weighted by atomic mass is 10.0. The Labute approximate surface area is 131 Å². The molecule has 0 aliphatic carbocycles. The van der Waals surface area contributed by atoms with Crippen LogP contribution in [0.5, 0.6) is 0 Å². The minimum absolute atomic E-state index is 0.862. The van der Waals surface area contributed by atoms with E-state index in [0.717, 1.165) is 12.6 Å². The van der Waals surface area contributed by atoms with Crippen molar-refractivity contribution in [3.05, 3.63) is 71.8 Å². The molecule has 0 atom stereocenters. The highest BCUT2D eigenvalue weighted by Crippen LogP contribution is 2.22. The summed E-state index contributed by atoms with van der Waals surface area (Å²) in [6, 6.07) is 21.7. The molecule has 2 rings (SSSR count). The van der Waals surface area contributed by atoms with E-state index in [2.05, 4.69) is 82.5 Å². The van der Waals surface area contributed by atoms with E-state index in [1.807, 2.05) is 0 Å². The Kier molecular flexibility index (Phi) is 6.64. The van der Waals surface area contributed by atoms with E-state index in [-0.39, 0.29) is 0 Å². The molecule has 19 heavy (non-hydrogen) atoms. The average molecular weight is 378 g/mol. The molecule has 0 N–H and O–H groups in total. The maximum absolute atomic E-state index is 2.56. The molecule has 0 fully saturated rings. The van der Waals surface area contributed by atoms with Crippen LogP contribution in [0.15, 0.2) is 60.7 Å². The van der Waals surface area contributed by atoms with E-state index >= 15 is 0 Å². The van der Waals surface area contributed by atoms with Gasteiger partial charge >= 0.3 is 0 Å². The van der Waals surface area contributed by atoms with Gasteiger partial charge in [0.15, 0.2) is 0 Å². The van der Waals surface area contributed by atoms with Crippen molar-refractivity contribution in [3.8, 4) is 0 Å². The van der Waals surface area contributed by atoms with Gasteiger partial charge in [0.2, 0.25) is 0 Å². The van der Waals surface area contributed by atoms with Crippen molar-refractivity contribution in [1.82, 2.24) is 0 Å². The number of benzene rings is 2. The summed E-state index contributed by atoms with van der Waals surface area (Å²) < 4.78 is 0. The Balaban J connectivity index is 1.77. The lowest BCUT2D eigenvalue weighted by molar-refractivity contribution is 0.676. The molecule has 0 spiro atoms. The third-order valence-corrected chi connectivity index (χ3v) is 6.93. The van der Waals surface area contributed by atoms with Gasteiger partial charge < -0.3 is 0 Å². The van der Waals surface area contributed by atoms with Gasteiger partial charge in [-0.05, 0) is 42.4 Å². The maximum atomic E-state index is 2.56. The molecule has 2 aromatic rings. The molecular formula is C17H19ISi. The van der Waals surface area contributed by atoms with E-state index in [0.29, 0.717) is 0 Å². The summed E-state index contributed by atoms with van der Waals surface area (Å²) in [6.45, 7) is 0. The molecule has 0 heterocycles. The Morgan fingerprint density at radius 1 is 0.737 bits per heavy atom. The van der Waals surface area contributed by atoms with Crippen LogP contribution in [0.3, 0.4) is 0 Å². The smallest absolute Gasteiger partial charge is 0.124 e. The molecule has 0 aliphatic rings. The monoisotopic (exact) mass is 378 g/mol. The van der Waals surface area contributed by atoms with Crippen molar-refractivity contribution in [2.24, 2.45) is 0 Å². The number of halogens is 1. The van der Waals surface area contributed by atoms with Crippen molar-refractivity contribution in [2.45, 2.75) is 31.2 Å². The highest BCUT2D eigenvalue weighted by atomic mass is 127. The van der Waals surface area contributed by atoms with Crippen molar-refractivity contribution in [2.75, 3.05) is 0 Å². The second-order valence-corrected chi connectivity index (χ2v) is 7.76. The van der Waals surface area contributed by atoms with Crippen molar-refractivity contribution < 1.29 is 0 Å². The largest absolute Gasteiger partial charge is 0.134 e. The predicted molar refractivity (Wildman–Crippen MR) is 93.1 cm³/mol. The zero-order valence-corrected chi connectivity index (χ0v) is 14.2. The van der Waals surface area contributed by atoms with Gasteiger partial charge in [-0.2, -0.15) is 0 Å². The van der Waals surface area contributed by atoms with Crippen LogP contribution < -0.4 is 0 Å². The van der Waals surface area contributed by atoms with Crippen molar-refractivity contribution in [3.63, 3.8) is 0 Å². The number of rotatable bonds is 7. The van der Waals surface area contributed by atoms with Gasteiger partial charge in [0.25, 0.3) is 0 Å². The summed E-state index contributed by atoms with van der Waals surface area (Å²) in [4.78, 5) is 0. The van der Waals surface area contributed by atoms with E-state index < -0.39 is 0 Å². The molecule has 0 nitrogen and oxygen atoms in total. The molecule has 2 aromatic carbocycles. The van der Waals surface area contributed by atoms with Crippen LogP contribution in [0, 0.1) is 0 Å². The van der Waals surface area contributed by atoms with Crippen LogP contribution in [-0.2, 0) is 12.8 Å². The normalized spacial score (nSPS) is 10.8. The lowest BCUT2D eigenvalue weighted by Crippen LogP contribution is -2.02. The van der Waals surface area contributed by atoms with Crippen LogP contribution in [0.2, 0.25) is 5.54 Å². The highest BCUT2D eigenvalue weighted by Gasteiger charge is 2.08. The van der Waals surface area contributed by atoms with Crippen molar-refractivity contribution in [1.29, 1.82) is 0 Å². The Hall–Kier alpha value is -0.613. The minimum Gasteiger partial charge on any atom is -0.124 e. The second kappa shape index (κ2) is 8.54. The van der Waals surface area contributed by atoms with E-state index in [1.54, 1.807) is 0 Å². The van der Waals surface area contributed by atoms with Gasteiger partial charge in [-0.1, -0.05) is 60.7 Å². The average Bonchev–Trinajstić information content (AvgIpc) is 2.49. The first-order valence-electron chi connectivity index (χ1n) is 6.82. The quantitative estimate of drug-likeness (QED) is 0.358. The van der Waals surface area contributed by atoms with Crippen molar-refractivity contribution >= 4 is 28.8 Å². The molecule has 0 aromatic heterocycles. The Morgan fingerprint density at radius 2 is 1.16 bits per heavy atom. The van der Waals surface area contributed by atoms with Crippen LogP contribution in [0.25, 0.3) is 0 Å². The molecule has 0 saturated carbocycles. The predicted octanol–water partition coefficient (Wildman–Crippen LogP) is 5.09. The molecule has 0 unspecified atom stereocenters. The second-order valence-electron chi connectivity index (χ2n) is 4.85. The lowest BCUT2D eigenvalue weighted by Gasteiger charge is -2.13. The molecule has 0 bridgehead atoms. The molecule has 0 saturated heterocycles. The molecule has 2 radical (unpaired) electrons. The maximum Gasteiger partial charge on any atom is 0.134 e. The summed E-state index contributed by atoms with van der Waals surface area (Å²) in [6.07, 6.45) is 5.07. The standard InChI is InChI=1S/C17H19ISi/c18-19-17(13-11-15-7-3-1-4-8-15)14-12-16-9-5-2-6-10-16/h1-10,17H,11-14H2. The van der Waals surface area contributed by atoms with Gasteiger partial charge in [0.05, 0.1) is 0 Å². The highest BCUT2D eigenvalue weighted by molar-refractivity contribution is 14.1. The fraction of sp³-hybridized carbons (Fsp3) is 0.294. The first kappa shape index (κ1) is 14.8. The topological polar surface area (TPSA) is 0 Å². The van der Waals surface area contributed by atoms with Gasteiger partial charge in [0.1, 0.15) is 7.02 Å².